The number of esters is 4. The zero-order valence-electron chi connectivity index (χ0n) is 78.3. The summed E-state index contributed by atoms with van der Waals surface area (Å²) >= 11 is -9.56. The average molecular weight is 2080 g/mol. The number of hydrogen-bond donors (Lipinski definition) is 0. The van der Waals surface area contributed by atoms with Crippen molar-refractivity contribution in [1.82, 2.24) is 0 Å². The summed E-state index contributed by atoms with van der Waals surface area (Å²) in [6, 6.07) is 38.0. The number of carbonyl (C=O) groups excluding carboxylic acids is 4. The van der Waals surface area contributed by atoms with Crippen molar-refractivity contribution in [2.75, 3.05) is 26.4 Å². The molecular weight excluding hydrogens is 1940 g/mol. The van der Waals surface area contributed by atoms with E-state index in [1.54, 1.807) is 97.1 Å². The van der Waals surface area contributed by atoms with Crippen molar-refractivity contribution < 1.29 is 88.5 Å². The second-order valence-corrected chi connectivity index (χ2v) is 88.6. The number of benzene rings is 8. The molecule has 0 aromatic heterocycles. The van der Waals surface area contributed by atoms with Crippen LogP contribution in [0.1, 0.15) is 198 Å². The van der Waals surface area contributed by atoms with Crippen molar-refractivity contribution in [3.8, 4) is 23.0 Å². The fraction of sp³-hybridized carbons (Fsp3) is 0.480. The van der Waals surface area contributed by atoms with Crippen LogP contribution in [0.5, 0.6) is 23.0 Å². The van der Waals surface area contributed by atoms with Crippen molar-refractivity contribution in [3.63, 3.8) is 0 Å². The number of rotatable bonds is 48. The van der Waals surface area contributed by atoms with Crippen LogP contribution in [0.15, 0.2) is 165 Å². The Morgan fingerprint density at radius 1 is 0.250 bits per heavy atom. The van der Waals surface area contributed by atoms with Gasteiger partial charge in [-0.15, -0.1) is 0 Å². The first-order valence-corrected chi connectivity index (χ1v) is 75.5. The molecule has 0 aliphatic heterocycles. The van der Waals surface area contributed by atoms with Crippen LogP contribution in [-0.4, -0.2) is 137 Å². The van der Waals surface area contributed by atoms with Gasteiger partial charge < -0.3 is 0 Å². The van der Waals surface area contributed by atoms with Crippen molar-refractivity contribution >= 4 is 117 Å². The second-order valence-electron chi connectivity index (χ2n) is 35.2. The zero-order valence-corrected chi connectivity index (χ0v) is 89.9. The molecule has 128 heavy (non-hydrogen) atoms. The summed E-state index contributed by atoms with van der Waals surface area (Å²) in [5.41, 5.74) is 5.93. The van der Waals surface area contributed by atoms with Gasteiger partial charge in [0.25, 0.3) is 0 Å². The molecule has 8 aromatic rings. The Balaban J connectivity index is 1.42. The summed E-state index contributed by atoms with van der Waals surface area (Å²) in [6.07, 6.45) is -0.639. The van der Waals surface area contributed by atoms with Gasteiger partial charge in [0.1, 0.15) is 19.6 Å². The van der Waals surface area contributed by atoms with Gasteiger partial charge in [-0.3, -0.25) is 0 Å². The Labute approximate surface area is 774 Å². The molecule has 1 aliphatic carbocycles. The fourth-order valence-electron chi connectivity index (χ4n) is 17.6. The zero-order chi connectivity index (χ0) is 93.4. The molecule has 8 aromatic carbocycles. The molecule has 28 heteroatoms. The van der Waals surface area contributed by atoms with Gasteiger partial charge in [-0.1, -0.05) is 70.8 Å². The third-order valence-corrected chi connectivity index (χ3v) is 81.5. The van der Waals surface area contributed by atoms with Crippen LogP contribution in [0.2, 0.25) is 84.1 Å². The van der Waals surface area contributed by atoms with E-state index in [0.717, 1.165) is 106 Å². The first-order valence-electron chi connectivity index (χ1n) is 46.1. The predicted molar refractivity (Wildman–Crippen MR) is 518 cm³/mol. The number of aryl methyl sites for hydroxylation is 4. The number of hydrogen-bond acceptors (Lipinski definition) is 20. The molecule has 0 heterocycles. The fourth-order valence-corrected chi connectivity index (χ4v) is 49.3. The van der Waals surface area contributed by atoms with E-state index in [1.165, 1.54) is 48.5 Å². The van der Waals surface area contributed by atoms with E-state index in [-0.39, 0.29) is 189 Å². The summed E-state index contributed by atoms with van der Waals surface area (Å²) in [4.78, 5) is 55.4. The first kappa shape index (κ1) is 105. The molecule has 0 amide bonds. The molecule has 20 nitrogen and oxygen atoms in total. The molecule has 0 spiro atoms. The van der Waals surface area contributed by atoms with Crippen LogP contribution in [-0.2, 0) is 130 Å². The minimum atomic E-state index is -4.90. The van der Waals surface area contributed by atoms with Crippen molar-refractivity contribution in [2.24, 2.45) is 0 Å². The van der Waals surface area contributed by atoms with Gasteiger partial charge in [0, 0.05) is 0 Å². The Morgan fingerprint density at radius 2 is 0.398 bits per heavy atom. The molecule has 1 aliphatic rings. The molecular formula is C100H136Ge4O20S4. The molecule has 0 radical (unpaired) electrons. The van der Waals surface area contributed by atoms with Crippen molar-refractivity contribution in [2.45, 2.75) is 291 Å². The summed E-state index contributed by atoms with van der Waals surface area (Å²) in [5, 5.41) is 15.7. The normalized spacial score (nSPS) is 12.9. The van der Waals surface area contributed by atoms with Gasteiger partial charge in [0.15, 0.2) is 0 Å². The third kappa shape index (κ3) is 28.4. The molecule has 0 atom stereocenters. The van der Waals surface area contributed by atoms with E-state index < -0.39 is 119 Å². The van der Waals surface area contributed by atoms with E-state index in [1.807, 2.05) is 27.7 Å². The van der Waals surface area contributed by atoms with E-state index in [2.05, 4.69) is 83.1 Å². The minimum absolute atomic E-state index is 0.0323. The summed E-state index contributed by atoms with van der Waals surface area (Å²) < 4.78 is 177. The quantitative estimate of drug-likeness (QED) is 0.0148. The molecule has 0 saturated carbocycles. The number of fused-ring (bicyclic) bond motifs is 8. The topological polar surface area (TPSA) is 279 Å². The van der Waals surface area contributed by atoms with Crippen LogP contribution in [0, 0.1) is 27.7 Å². The van der Waals surface area contributed by atoms with Gasteiger partial charge in [-0.25, -0.2) is 0 Å². The number of ether oxygens (including phenoxy) is 4. The maximum atomic E-state index is 15.6. The van der Waals surface area contributed by atoms with E-state index in [9.17, 15) is 19.2 Å². The Hall–Kier alpha value is -7.19. The van der Waals surface area contributed by atoms with Crippen LogP contribution < -0.4 is 16.7 Å². The number of carbonyl (C=O) groups is 4. The van der Waals surface area contributed by atoms with E-state index >= 15 is 33.7 Å². The SMILES string of the molecule is C[CH2][Ge]([CH2]C)([CH2]C)[CH2]CC(=O)OCCc1cc2c(OS(=O)(=O)c3ccc(C)cc3)c(c1)Cc1cc(CCOC(=O)C[CH2][Ge]([CH2]C)([CH2]C)[CH2]C)cc(c1OS(=O)(=O)c1ccc(C)cc1)Cc1cc(CCOC(=O)C[CH2][Ge]([CH2]C)([CH2]C)[CH2]C)cc(c1OS(=O)(=O)c1ccc(C)cc1)Cc1cc(CCOC(=O)C[CH2][Ge]([CH2]C)([CH2]C)[CH2]C)cc(c1OS(=O)(=O)c1ccc(C)cc1)C2. The Kier molecular flexibility index (Phi) is 38.7. The molecule has 0 unspecified atom stereocenters. The second kappa shape index (κ2) is 47.4. The summed E-state index contributed by atoms with van der Waals surface area (Å²) in [7, 11) is -19.6. The van der Waals surface area contributed by atoms with Gasteiger partial charge in [0.05, 0.1) is 0 Å². The van der Waals surface area contributed by atoms with E-state index in [4.69, 9.17) is 35.7 Å². The molecule has 696 valence electrons. The monoisotopic (exact) mass is 2080 g/mol. The maximum absolute atomic E-state index is 15.6. The van der Waals surface area contributed by atoms with Gasteiger partial charge in [-0.2, -0.15) is 33.7 Å². The predicted octanol–water partition coefficient (Wildman–Crippen LogP) is 22.6. The van der Waals surface area contributed by atoms with Gasteiger partial charge in [-0.05, 0) is 76.2 Å². The van der Waals surface area contributed by atoms with E-state index in [0.29, 0.717) is 22.3 Å². The molecule has 0 fully saturated rings. The van der Waals surface area contributed by atoms with Gasteiger partial charge >= 0.3 is 581 Å². The first-order chi connectivity index (χ1) is 60.9. The van der Waals surface area contributed by atoms with Crippen LogP contribution in [0.3, 0.4) is 0 Å². The van der Waals surface area contributed by atoms with Crippen LogP contribution in [0.25, 0.3) is 0 Å². The van der Waals surface area contributed by atoms with Crippen LogP contribution >= 0.6 is 0 Å². The molecule has 8 bridgehead atoms. The molecule has 0 N–H and O–H groups in total. The summed E-state index contributed by atoms with van der Waals surface area (Å²) in [6.45, 7) is 33.0. The van der Waals surface area contributed by atoms with Gasteiger partial charge in [0.2, 0.25) is 0 Å². The molecule has 0 saturated heterocycles. The Morgan fingerprint density at radius 3 is 0.539 bits per heavy atom. The molecule has 9 rings (SSSR count). The van der Waals surface area contributed by atoms with Crippen molar-refractivity contribution in [1.29, 1.82) is 0 Å². The third-order valence-electron chi connectivity index (χ3n) is 27.8. The standard InChI is InChI=1S/C100H136Ge4O20S4/c1-17-101(18-2,19-3)53-45-93(105)117-57-49-77-61-81-69-83-63-78(50-58-118-94(106)46-54-102(20-4,21-5)22-6)65-85(98(83)122-126(111,112)90-39-31-74(14)32-40-90)71-87-67-80(52-60-120-96(108)48-56-104(26-10,27-11)28-12)68-88(100(87)124-128(115,116)92-43-35-76(16)36-44-92)72-86-66-79(51-59-119-95(107)47-55-103(23-7,24-8)25-9)64-84(99(86)123-127(113,114)91-41-33-75(15)34-42-91)70-82(62-77)97(81)121-125(109,110)89-37-29-73(13)30-38-89/h29-44,61-68H,17-28,45-60,69-72H2,1-16H3. The average Bonchev–Trinajstić information content (AvgIpc) is 0.753. The Bertz CT molecular complexity index is 4790. The summed E-state index contributed by atoms with van der Waals surface area (Å²) in [5.74, 6) is -2.54. The van der Waals surface area contributed by atoms with Crippen molar-refractivity contribution in [3.05, 3.63) is 235 Å². The van der Waals surface area contributed by atoms with Crippen LogP contribution in [0.4, 0.5) is 0 Å².